The number of thioether (sulfide) groups is 1. The number of amides is 1. The van der Waals surface area contributed by atoms with E-state index in [2.05, 4.69) is 22.1 Å². The fraction of sp³-hybridized carbons (Fsp3) is 0.190. The number of anilines is 1. The molecule has 7 heteroatoms. The molecule has 144 valence electrons. The lowest BCUT2D eigenvalue weighted by Crippen LogP contribution is -2.15. The smallest absolute Gasteiger partial charge is 0.234 e. The number of hydrogen-bond acceptors (Lipinski definition) is 4. The third-order valence-electron chi connectivity index (χ3n) is 4.13. The second-order valence-electron chi connectivity index (χ2n) is 6.34. The van der Waals surface area contributed by atoms with Crippen molar-refractivity contribution >= 4 is 35.0 Å². The summed E-state index contributed by atoms with van der Waals surface area (Å²) in [5.74, 6) is 0.790. The molecule has 3 aromatic rings. The first-order valence-corrected chi connectivity index (χ1v) is 10.1. The lowest BCUT2D eigenvalue weighted by atomic mass is 10.1. The molecule has 0 aliphatic carbocycles. The minimum Gasteiger partial charge on any atom is -0.325 e. The summed E-state index contributed by atoms with van der Waals surface area (Å²) in [6.45, 7) is 8.33. The van der Waals surface area contributed by atoms with E-state index in [1.54, 1.807) is 6.08 Å². The minimum atomic E-state index is -0.0931. The van der Waals surface area contributed by atoms with Crippen LogP contribution in [0.25, 0.3) is 11.4 Å². The third-order valence-corrected chi connectivity index (χ3v) is 5.43. The quantitative estimate of drug-likeness (QED) is 0.431. The van der Waals surface area contributed by atoms with Gasteiger partial charge in [0, 0.05) is 17.8 Å². The van der Waals surface area contributed by atoms with E-state index in [9.17, 15) is 4.79 Å². The number of aromatic nitrogens is 3. The van der Waals surface area contributed by atoms with Gasteiger partial charge in [-0.2, -0.15) is 0 Å². The number of nitrogens with zero attached hydrogens (tertiary/aromatic N) is 3. The van der Waals surface area contributed by atoms with E-state index < -0.39 is 0 Å². The van der Waals surface area contributed by atoms with E-state index in [4.69, 9.17) is 11.6 Å². The minimum absolute atomic E-state index is 0.0931. The topological polar surface area (TPSA) is 59.8 Å². The Balaban J connectivity index is 1.74. The van der Waals surface area contributed by atoms with E-state index in [0.717, 1.165) is 22.4 Å². The largest absolute Gasteiger partial charge is 0.325 e. The fourth-order valence-corrected chi connectivity index (χ4v) is 3.77. The zero-order valence-corrected chi connectivity index (χ0v) is 17.3. The molecule has 0 bridgehead atoms. The van der Waals surface area contributed by atoms with Crippen LogP contribution in [-0.2, 0) is 11.3 Å². The van der Waals surface area contributed by atoms with Gasteiger partial charge < -0.3 is 5.32 Å². The molecular weight excluding hydrogens is 392 g/mol. The fourth-order valence-electron chi connectivity index (χ4n) is 2.80. The molecule has 1 aromatic heterocycles. The first-order chi connectivity index (χ1) is 13.5. The standard InChI is InChI=1S/C21H21ClN4OS/c1-4-11-26-20(16-7-5-6-8-17(16)22)24-25-21(26)28-13-19(27)23-18-10-9-14(2)12-15(18)3/h4-10,12H,1,11,13H2,2-3H3,(H,23,27). The molecule has 1 heterocycles. The van der Waals surface area contributed by atoms with Gasteiger partial charge in [0.25, 0.3) is 0 Å². The Hall–Kier alpha value is -2.57. The summed E-state index contributed by atoms with van der Waals surface area (Å²) in [4.78, 5) is 12.4. The second kappa shape index (κ2) is 9.08. The molecule has 0 radical (unpaired) electrons. The van der Waals surface area contributed by atoms with Gasteiger partial charge in [-0.05, 0) is 37.6 Å². The maximum absolute atomic E-state index is 12.4. The van der Waals surface area contributed by atoms with Crippen LogP contribution in [0.3, 0.4) is 0 Å². The van der Waals surface area contributed by atoms with Crippen LogP contribution in [0.15, 0.2) is 60.3 Å². The zero-order chi connectivity index (χ0) is 20.1. The number of hydrogen-bond donors (Lipinski definition) is 1. The van der Waals surface area contributed by atoms with Crippen LogP contribution in [0, 0.1) is 13.8 Å². The molecule has 1 amide bonds. The number of nitrogens with one attached hydrogen (secondary N) is 1. The number of benzene rings is 2. The van der Waals surface area contributed by atoms with Crippen LogP contribution >= 0.6 is 23.4 Å². The Morgan fingerprint density at radius 3 is 2.75 bits per heavy atom. The summed E-state index contributed by atoms with van der Waals surface area (Å²) in [6.07, 6.45) is 1.77. The van der Waals surface area contributed by atoms with Crippen molar-refractivity contribution in [3.05, 3.63) is 71.3 Å². The van der Waals surface area contributed by atoms with Gasteiger partial charge in [0.1, 0.15) is 0 Å². The van der Waals surface area contributed by atoms with Crippen LogP contribution in [-0.4, -0.2) is 26.4 Å². The zero-order valence-electron chi connectivity index (χ0n) is 15.8. The number of carbonyl (C=O) groups is 1. The highest BCUT2D eigenvalue weighted by Crippen LogP contribution is 2.29. The van der Waals surface area contributed by atoms with E-state index in [-0.39, 0.29) is 11.7 Å². The van der Waals surface area contributed by atoms with E-state index >= 15 is 0 Å². The highest BCUT2D eigenvalue weighted by Gasteiger charge is 2.17. The van der Waals surface area contributed by atoms with Crippen LogP contribution in [0.5, 0.6) is 0 Å². The normalized spacial score (nSPS) is 10.7. The van der Waals surface area contributed by atoms with E-state index in [1.807, 2.05) is 60.9 Å². The van der Waals surface area contributed by atoms with Crippen molar-refractivity contribution in [3.8, 4) is 11.4 Å². The van der Waals surface area contributed by atoms with Crippen molar-refractivity contribution in [3.63, 3.8) is 0 Å². The molecule has 0 saturated heterocycles. The second-order valence-corrected chi connectivity index (χ2v) is 7.69. The van der Waals surface area contributed by atoms with Gasteiger partial charge in [-0.1, -0.05) is 59.3 Å². The lowest BCUT2D eigenvalue weighted by molar-refractivity contribution is -0.113. The van der Waals surface area contributed by atoms with Gasteiger partial charge in [0.05, 0.1) is 10.8 Å². The number of aryl methyl sites for hydroxylation is 2. The summed E-state index contributed by atoms with van der Waals surface area (Å²) < 4.78 is 1.91. The predicted molar refractivity (Wildman–Crippen MR) is 116 cm³/mol. The Labute approximate surface area is 173 Å². The Morgan fingerprint density at radius 2 is 2.04 bits per heavy atom. The summed E-state index contributed by atoms with van der Waals surface area (Å²) in [7, 11) is 0. The van der Waals surface area contributed by atoms with Crippen LogP contribution in [0.4, 0.5) is 5.69 Å². The Bertz CT molecular complexity index is 1020. The Kier molecular flexibility index (Phi) is 6.54. The van der Waals surface area contributed by atoms with Gasteiger partial charge in [-0.25, -0.2) is 0 Å². The van der Waals surface area contributed by atoms with Gasteiger partial charge in [0.15, 0.2) is 11.0 Å². The predicted octanol–water partition coefficient (Wildman–Crippen LogP) is 5.13. The average Bonchev–Trinajstić information content (AvgIpc) is 3.06. The summed E-state index contributed by atoms with van der Waals surface area (Å²) >= 11 is 7.64. The van der Waals surface area contributed by atoms with Gasteiger partial charge in [-0.15, -0.1) is 16.8 Å². The molecular formula is C21H21ClN4OS. The first kappa shape index (κ1) is 20.2. The molecule has 0 spiro atoms. The molecule has 0 fully saturated rings. The monoisotopic (exact) mass is 412 g/mol. The number of halogens is 1. The number of carbonyl (C=O) groups excluding carboxylic acids is 1. The lowest BCUT2D eigenvalue weighted by Gasteiger charge is -2.10. The van der Waals surface area contributed by atoms with Crippen molar-refractivity contribution in [1.82, 2.24) is 14.8 Å². The molecule has 0 aliphatic rings. The van der Waals surface area contributed by atoms with E-state index in [1.165, 1.54) is 11.8 Å². The molecule has 0 atom stereocenters. The highest BCUT2D eigenvalue weighted by molar-refractivity contribution is 7.99. The summed E-state index contributed by atoms with van der Waals surface area (Å²) in [6, 6.07) is 13.4. The Morgan fingerprint density at radius 1 is 1.25 bits per heavy atom. The van der Waals surface area contributed by atoms with Crippen molar-refractivity contribution in [2.24, 2.45) is 0 Å². The number of allylic oxidation sites excluding steroid dienone is 1. The van der Waals surface area contributed by atoms with Gasteiger partial charge in [0.2, 0.25) is 5.91 Å². The van der Waals surface area contributed by atoms with Crippen molar-refractivity contribution in [1.29, 1.82) is 0 Å². The van der Waals surface area contributed by atoms with Gasteiger partial charge >= 0.3 is 0 Å². The molecule has 0 saturated carbocycles. The van der Waals surface area contributed by atoms with Crippen LogP contribution in [0.1, 0.15) is 11.1 Å². The summed E-state index contributed by atoms with van der Waals surface area (Å²) in [5, 5.41) is 12.7. The molecule has 0 unspecified atom stereocenters. The molecule has 5 nitrogen and oxygen atoms in total. The molecule has 1 N–H and O–H groups in total. The van der Waals surface area contributed by atoms with Crippen molar-refractivity contribution in [2.75, 3.05) is 11.1 Å². The molecule has 2 aromatic carbocycles. The van der Waals surface area contributed by atoms with Crippen molar-refractivity contribution < 1.29 is 4.79 Å². The van der Waals surface area contributed by atoms with Crippen molar-refractivity contribution in [2.45, 2.75) is 25.5 Å². The van der Waals surface area contributed by atoms with Crippen LogP contribution < -0.4 is 5.32 Å². The average molecular weight is 413 g/mol. The van der Waals surface area contributed by atoms with Crippen LogP contribution in [0.2, 0.25) is 5.02 Å². The molecule has 0 aliphatic heterocycles. The molecule has 3 rings (SSSR count). The first-order valence-electron chi connectivity index (χ1n) is 8.78. The third kappa shape index (κ3) is 4.64. The van der Waals surface area contributed by atoms with Gasteiger partial charge in [-0.3, -0.25) is 9.36 Å². The highest BCUT2D eigenvalue weighted by atomic mass is 35.5. The van der Waals surface area contributed by atoms with E-state index in [0.29, 0.717) is 22.5 Å². The molecule has 28 heavy (non-hydrogen) atoms. The SMILES string of the molecule is C=CCn1c(SCC(=O)Nc2ccc(C)cc2C)nnc1-c1ccccc1Cl. The maximum atomic E-state index is 12.4. The maximum Gasteiger partial charge on any atom is 0.234 e. The summed E-state index contributed by atoms with van der Waals surface area (Å²) in [5.41, 5.74) is 3.81. The number of rotatable bonds is 7.